The molecule has 1 amide bonds. The molecule has 1 saturated heterocycles. The van der Waals surface area contributed by atoms with Gasteiger partial charge in [-0.25, -0.2) is 8.78 Å². The fourth-order valence-corrected chi connectivity index (χ4v) is 4.06. The molecule has 0 saturated carbocycles. The zero-order valence-corrected chi connectivity index (χ0v) is 14.3. The van der Waals surface area contributed by atoms with Gasteiger partial charge >= 0.3 is 0 Å². The molecule has 1 fully saturated rings. The lowest BCUT2D eigenvalue weighted by atomic mass is 9.76. The van der Waals surface area contributed by atoms with Crippen LogP contribution in [0, 0.1) is 11.6 Å². The zero-order chi connectivity index (χ0) is 18.1. The molecule has 136 valence electrons. The highest BCUT2D eigenvalue weighted by molar-refractivity contribution is 5.94. The summed E-state index contributed by atoms with van der Waals surface area (Å²) in [5.74, 6) is -1.73. The minimum absolute atomic E-state index is 0.0140. The SMILES string of the molecule is O=C(CN1CC2(CCOCC2)c2ccccc21)Nc1cc(F)cc(F)c1. The van der Waals surface area contributed by atoms with E-state index in [1.807, 2.05) is 23.1 Å². The first-order valence-electron chi connectivity index (χ1n) is 8.74. The Morgan fingerprint density at radius 1 is 1.12 bits per heavy atom. The first-order valence-corrected chi connectivity index (χ1v) is 8.74. The van der Waals surface area contributed by atoms with Gasteiger partial charge in [-0.2, -0.15) is 0 Å². The maximum Gasteiger partial charge on any atom is 0.243 e. The molecule has 0 aromatic heterocycles. The molecule has 2 aromatic rings. The van der Waals surface area contributed by atoms with Crippen molar-refractivity contribution in [2.45, 2.75) is 18.3 Å². The van der Waals surface area contributed by atoms with Gasteiger partial charge in [-0.1, -0.05) is 18.2 Å². The molecule has 2 heterocycles. The number of benzene rings is 2. The Hall–Kier alpha value is -2.47. The van der Waals surface area contributed by atoms with Gasteiger partial charge in [0.15, 0.2) is 0 Å². The van der Waals surface area contributed by atoms with E-state index in [2.05, 4.69) is 11.4 Å². The van der Waals surface area contributed by atoms with E-state index in [9.17, 15) is 13.6 Å². The third-order valence-electron chi connectivity index (χ3n) is 5.24. The predicted octanol–water partition coefficient (Wildman–Crippen LogP) is 3.47. The van der Waals surface area contributed by atoms with Crippen LogP contribution in [0.15, 0.2) is 42.5 Å². The summed E-state index contributed by atoms with van der Waals surface area (Å²) in [5.41, 5.74) is 2.45. The molecule has 1 spiro atoms. The van der Waals surface area contributed by atoms with E-state index in [4.69, 9.17) is 4.74 Å². The Balaban J connectivity index is 1.52. The summed E-state index contributed by atoms with van der Waals surface area (Å²) in [7, 11) is 0. The fourth-order valence-electron chi connectivity index (χ4n) is 4.06. The van der Waals surface area contributed by atoms with Gasteiger partial charge in [-0.3, -0.25) is 4.79 Å². The first-order chi connectivity index (χ1) is 12.6. The number of halogens is 2. The minimum atomic E-state index is -0.715. The zero-order valence-electron chi connectivity index (χ0n) is 14.3. The third kappa shape index (κ3) is 3.17. The van der Waals surface area contributed by atoms with Crippen molar-refractivity contribution < 1.29 is 18.3 Å². The van der Waals surface area contributed by atoms with Crippen molar-refractivity contribution in [1.82, 2.24) is 0 Å². The Bertz CT molecular complexity index is 814. The topological polar surface area (TPSA) is 41.6 Å². The second kappa shape index (κ2) is 6.68. The maximum atomic E-state index is 13.3. The van der Waals surface area contributed by atoms with Gasteiger partial charge in [0, 0.05) is 42.6 Å². The van der Waals surface area contributed by atoms with E-state index in [1.165, 1.54) is 5.56 Å². The largest absolute Gasteiger partial charge is 0.381 e. The molecule has 0 unspecified atom stereocenters. The molecular weight excluding hydrogens is 338 g/mol. The first kappa shape index (κ1) is 17.0. The Morgan fingerprint density at radius 3 is 2.54 bits per heavy atom. The van der Waals surface area contributed by atoms with Crippen LogP contribution in [0.1, 0.15) is 18.4 Å². The smallest absolute Gasteiger partial charge is 0.243 e. The van der Waals surface area contributed by atoms with Crippen LogP contribution in [0.2, 0.25) is 0 Å². The van der Waals surface area contributed by atoms with Gasteiger partial charge in [-0.15, -0.1) is 0 Å². The van der Waals surface area contributed by atoms with Crippen LogP contribution in [-0.4, -0.2) is 32.2 Å². The number of amides is 1. The lowest BCUT2D eigenvalue weighted by Gasteiger charge is -2.34. The number of carbonyl (C=O) groups is 1. The van der Waals surface area contributed by atoms with E-state index in [0.717, 1.165) is 56.5 Å². The average Bonchev–Trinajstić information content (AvgIpc) is 2.88. The molecular formula is C20H20F2N2O2. The van der Waals surface area contributed by atoms with Crippen molar-refractivity contribution in [2.24, 2.45) is 0 Å². The molecule has 0 aliphatic carbocycles. The number of carbonyl (C=O) groups excluding carboxylic acids is 1. The number of rotatable bonds is 3. The van der Waals surface area contributed by atoms with Crippen molar-refractivity contribution in [1.29, 1.82) is 0 Å². The molecule has 2 aliphatic rings. The van der Waals surface area contributed by atoms with Crippen LogP contribution in [0.3, 0.4) is 0 Å². The van der Waals surface area contributed by atoms with Crippen molar-refractivity contribution >= 4 is 17.3 Å². The Labute approximate surface area is 150 Å². The van der Waals surface area contributed by atoms with Crippen LogP contribution in [0.4, 0.5) is 20.2 Å². The number of fused-ring (bicyclic) bond motifs is 2. The van der Waals surface area contributed by atoms with Crippen molar-refractivity contribution in [3.05, 3.63) is 59.7 Å². The monoisotopic (exact) mass is 358 g/mol. The summed E-state index contributed by atoms with van der Waals surface area (Å²) in [4.78, 5) is 14.5. The maximum absolute atomic E-state index is 13.3. The number of nitrogens with one attached hydrogen (secondary N) is 1. The summed E-state index contributed by atoms with van der Waals surface area (Å²) in [6.45, 7) is 2.33. The van der Waals surface area contributed by atoms with E-state index in [0.29, 0.717) is 0 Å². The summed E-state index contributed by atoms with van der Waals surface area (Å²) >= 11 is 0. The lowest BCUT2D eigenvalue weighted by Crippen LogP contribution is -2.41. The summed E-state index contributed by atoms with van der Waals surface area (Å²) in [6, 6.07) is 11.1. The molecule has 0 radical (unpaired) electrons. The summed E-state index contributed by atoms with van der Waals surface area (Å²) < 4.78 is 32.1. The standard InChI is InChI=1S/C20H20F2N2O2/c21-14-9-15(22)11-16(10-14)23-19(25)12-24-13-20(5-7-26-8-6-20)17-3-1-2-4-18(17)24/h1-4,9-11H,5-8,12-13H2,(H,23,25). The second-order valence-electron chi connectivity index (χ2n) is 6.97. The van der Waals surface area contributed by atoms with E-state index < -0.39 is 11.6 Å². The number of hydrogen-bond donors (Lipinski definition) is 1. The molecule has 4 rings (SSSR count). The normalized spacial score (nSPS) is 18.0. The van der Waals surface area contributed by atoms with Crippen molar-refractivity contribution in [3.8, 4) is 0 Å². The third-order valence-corrected chi connectivity index (χ3v) is 5.24. The van der Waals surface area contributed by atoms with Gasteiger partial charge in [0.05, 0.1) is 6.54 Å². The molecule has 26 heavy (non-hydrogen) atoms. The second-order valence-corrected chi connectivity index (χ2v) is 6.97. The highest BCUT2D eigenvalue weighted by atomic mass is 19.1. The number of nitrogens with zero attached hydrogens (tertiary/aromatic N) is 1. The summed E-state index contributed by atoms with van der Waals surface area (Å²) in [6.07, 6.45) is 1.86. The van der Waals surface area contributed by atoms with Crippen LogP contribution in [0.5, 0.6) is 0 Å². The quantitative estimate of drug-likeness (QED) is 0.914. The molecule has 2 aromatic carbocycles. The van der Waals surface area contributed by atoms with Gasteiger partial charge in [0.25, 0.3) is 0 Å². The van der Waals surface area contributed by atoms with Gasteiger partial charge in [0.1, 0.15) is 11.6 Å². The number of hydrogen-bond acceptors (Lipinski definition) is 3. The number of para-hydroxylation sites is 1. The van der Waals surface area contributed by atoms with E-state index >= 15 is 0 Å². The lowest BCUT2D eigenvalue weighted by molar-refractivity contribution is -0.115. The Morgan fingerprint density at radius 2 is 1.81 bits per heavy atom. The Kier molecular flexibility index (Phi) is 4.36. The highest BCUT2D eigenvalue weighted by Gasteiger charge is 2.43. The predicted molar refractivity (Wildman–Crippen MR) is 95.4 cm³/mol. The molecule has 0 atom stereocenters. The molecule has 1 N–H and O–H groups in total. The molecule has 6 heteroatoms. The highest BCUT2D eigenvalue weighted by Crippen LogP contribution is 2.46. The van der Waals surface area contributed by atoms with Gasteiger partial charge in [0.2, 0.25) is 5.91 Å². The van der Waals surface area contributed by atoms with Gasteiger partial charge in [-0.05, 0) is 36.6 Å². The molecule has 4 nitrogen and oxygen atoms in total. The summed E-state index contributed by atoms with van der Waals surface area (Å²) in [5, 5.41) is 2.59. The van der Waals surface area contributed by atoms with Crippen LogP contribution < -0.4 is 10.2 Å². The minimum Gasteiger partial charge on any atom is -0.381 e. The molecule has 2 aliphatic heterocycles. The fraction of sp³-hybridized carbons (Fsp3) is 0.350. The number of ether oxygens (including phenoxy) is 1. The van der Waals surface area contributed by atoms with E-state index in [-0.39, 0.29) is 23.6 Å². The van der Waals surface area contributed by atoms with Crippen LogP contribution >= 0.6 is 0 Å². The van der Waals surface area contributed by atoms with Crippen molar-refractivity contribution in [3.63, 3.8) is 0 Å². The number of anilines is 2. The van der Waals surface area contributed by atoms with Crippen LogP contribution in [-0.2, 0) is 14.9 Å². The van der Waals surface area contributed by atoms with Crippen LogP contribution in [0.25, 0.3) is 0 Å². The van der Waals surface area contributed by atoms with E-state index in [1.54, 1.807) is 0 Å². The van der Waals surface area contributed by atoms with Crippen molar-refractivity contribution in [2.75, 3.05) is 36.5 Å². The molecule has 0 bridgehead atoms. The average molecular weight is 358 g/mol. The van der Waals surface area contributed by atoms with Gasteiger partial charge < -0.3 is 15.0 Å².